The molecule has 0 aromatic heterocycles. The largest absolute Gasteiger partial charge is 0.386 e. The van der Waals surface area contributed by atoms with Crippen LogP contribution in [-0.4, -0.2) is 25.5 Å². The molecule has 0 spiro atoms. The summed E-state index contributed by atoms with van der Waals surface area (Å²) in [5.41, 5.74) is 4.86. The van der Waals surface area contributed by atoms with Crippen molar-refractivity contribution in [2.75, 3.05) is 5.75 Å². The highest BCUT2D eigenvalue weighted by Crippen LogP contribution is 2.27. The molecule has 0 aliphatic heterocycles. The van der Waals surface area contributed by atoms with Gasteiger partial charge in [0.1, 0.15) is 5.84 Å². The first-order valence-electron chi connectivity index (χ1n) is 7.13. The molecular formula is C13H27N3O2S. The van der Waals surface area contributed by atoms with Crippen LogP contribution in [0.25, 0.3) is 0 Å². The van der Waals surface area contributed by atoms with Crippen LogP contribution in [0.15, 0.2) is 0 Å². The minimum atomic E-state index is -3.38. The van der Waals surface area contributed by atoms with Gasteiger partial charge in [-0.1, -0.05) is 46.0 Å². The lowest BCUT2D eigenvalue weighted by Crippen LogP contribution is -2.58. The summed E-state index contributed by atoms with van der Waals surface area (Å²) in [6, 6.07) is 0. The topological polar surface area (TPSA) is 96.0 Å². The van der Waals surface area contributed by atoms with E-state index in [0.29, 0.717) is 12.8 Å². The first-order valence-corrected chi connectivity index (χ1v) is 8.79. The predicted molar refractivity (Wildman–Crippen MR) is 78.7 cm³/mol. The molecule has 0 saturated heterocycles. The Morgan fingerprint density at radius 3 is 2.11 bits per heavy atom. The highest BCUT2D eigenvalue weighted by molar-refractivity contribution is 7.89. The van der Waals surface area contributed by atoms with Gasteiger partial charge in [0.2, 0.25) is 10.0 Å². The Balaban J connectivity index is 2.89. The van der Waals surface area contributed by atoms with E-state index in [0.717, 1.165) is 25.7 Å². The van der Waals surface area contributed by atoms with Crippen molar-refractivity contribution in [3.8, 4) is 0 Å². The van der Waals surface area contributed by atoms with E-state index in [2.05, 4.69) is 4.72 Å². The maximum Gasteiger partial charge on any atom is 0.212 e. The summed E-state index contributed by atoms with van der Waals surface area (Å²) in [5, 5.41) is 7.82. The lowest BCUT2D eigenvalue weighted by Gasteiger charge is -2.35. The monoisotopic (exact) mass is 289 g/mol. The van der Waals surface area contributed by atoms with Crippen LogP contribution in [0, 0.1) is 11.3 Å². The Morgan fingerprint density at radius 2 is 1.68 bits per heavy atom. The summed E-state index contributed by atoms with van der Waals surface area (Å²) in [6.45, 7) is 3.75. The van der Waals surface area contributed by atoms with Crippen LogP contribution >= 0.6 is 0 Å². The maximum absolute atomic E-state index is 12.2. The molecule has 0 amide bonds. The lowest BCUT2D eigenvalue weighted by molar-refractivity contribution is 0.366. The van der Waals surface area contributed by atoms with Gasteiger partial charge in [-0.05, 0) is 18.8 Å². The van der Waals surface area contributed by atoms with Gasteiger partial charge in [0, 0.05) is 0 Å². The molecule has 0 aromatic rings. The first-order chi connectivity index (χ1) is 8.77. The normalized spacial score (nSPS) is 20.8. The smallest absolute Gasteiger partial charge is 0.212 e. The van der Waals surface area contributed by atoms with E-state index in [1.165, 1.54) is 6.42 Å². The number of amidine groups is 1. The van der Waals surface area contributed by atoms with Gasteiger partial charge in [0.15, 0.2) is 0 Å². The minimum Gasteiger partial charge on any atom is -0.386 e. The Hall–Kier alpha value is -0.620. The molecule has 19 heavy (non-hydrogen) atoms. The number of nitrogens with two attached hydrogens (primary N) is 1. The molecule has 5 nitrogen and oxygen atoms in total. The van der Waals surface area contributed by atoms with Gasteiger partial charge in [-0.25, -0.2) is 13.1 Å². The highest BCUT2D eigenvalue weighted by atomic mass is 32.2. The van der Waals surface area contributed by atoms with Crippen LogP contribution in [0.1, 0.15) is 58.8 Å². The standard InChI is InChI=1S/C13H27N3O2S/c1-11(2)10-19(17,18)16-13(12(14)15)8-6-4-3-5-7-9-13/h11,16H,3-10H2,1-2H3,(H3,14,15). The third-order valence-electron chi connectivity index (χ3n) is 3.63. The molecule has 0 aromatic carbocycles. The van der Waals surface area contributed by atoms with Gasteiger partial charge >= 0.3 is 0 Å². The van der Waals surface area contributed by atoms with Crippen molar-refractivity contribution >= 4 is 15.9 Å². The molecule has 1 fully saturated rings. The molecule has 6 heteroatoms. The second kappa shape index (κ2) is 6.70. The Morgan fingerprint density at radius 1 is 1.21 bits per heavy atom. The SMILES string of the molecule is CC(C)CS(=O)(=O)NC1(C(=N)N)CCCCCCC1. The zero-order valence-corrected chi connectivity index (χ0v) is 12.9. The van der Waals surface area contributed by atoms with E-state index >= 15 is 0 Å². The Kier molecular flexibility index (Phi) is 5.80. The van der Waals surface area contributed by atoms with Crippen LogP contribution in [-0.2, 0) is 10.0 Å². The van der Waals surface area contributed by atoms with Crippen LogP contribution in [0.5, 0.6) is 0 Å². The molecule has 0 atom stereocenters. The van der Waals surface area contributed by atoms with E-state index in [4.69, 9.17) is 11.1 Å². The zero-order chi connectivity index (χ0) is 14.5. The molecule has 1 saturated carbocycles. The minimum absolute atomic E-state index is 0.0401. The van der Waals surface area contributed by atoms with Crippen molar-refractivity contribution in [3.63, 3.8) is 0 Å². The van der Waals surface area contributed by atoms with Crippen molar-refractivity contribution < 1.29 is 8.42 Å². The lowest BCUT2D eigenvalue weighted by atomic mass is 9.84. The molecule has 4 N–H and O–H groups in total. The molecule has 0 bridgehead atoms. The fourth-order valence-electron chi connectivity index (χ4n) is 2.71. The fourth-order valence-corrected chi connectivity index (χ4v) is 4.58. The molecule has 0 unspecified atom stereocenters. The van der Waals surface area contributed by atoms with Crippen LogP contribution in [0.3, 0.4) is 0 Å². The fraction of sp³-hybridized carbons (Fsp3) is 0.923. The average molecular weight is 289 g/mol. The molecule has 0 heterocycles. The molecular weight excluding hydrogens is 262 g/mol. The van der Waals surface area contributed by atoms with Gasteiger partial charge in [-0.15, -0.1) is 0 Å². The first kappa shape index (κ1) is 16.4. The zero-order valence-electron chi connectivity index (χ0n) is 12.0. The predicted octanol–water partition coefficient (Wildman–Crippen LogP) is 1.98. The van der Waals surface area contributed by atoms with Gasteiger partial charge < -0.3 is 5.73 Å². The maximum atomic E-state index is 12.2. The van der Waals surface area contributed by atoms with E-state index < -0.39 is 15.6 Å². The van der Waals surface area contributed by atoms with Crippen LogP contribution < -0.4 is 10.5 Å². The van der Waals surface area contributed by atoms with Crippen molar-refractivity contribution in [2.45, 2.75) is 64.3 Å². The highest BCUT2D eigenvalue weighted by Gasteiger charge is 2.37. The molecule has 112 valence electrons. The summed E-state index contributed by atoms with van der Waals surface area (Å²) in [7, 11) is -3.38. The van der Waals surface area contributed by atoms with E-state index in [9.17, 15) is 8.42 Å². The van der Waals surface area contributed by atoms with E-state index in [1.54, 1.807) is 0 Å². The summed E-state index contributed by atoms with van der Waals surface area (Å²) in [6.07, 6.45) is 6.47. The van der Waals surface area contributed by atoms with Crippen molar-refractivity contribution in [1.82, 2.24) is 4.72 Å². The van der Waals surface area contributed by atoms with Crippen molar-refractivity contribution in [1.29, 1.82) is 5.41 Å². The number of nitrogens with one attached hydrogen (secondary N) is 2. The molecule has 1 aliphatic rings. The number of rotatable bonds is 5. The number of sulfonamides is 1. The molecule has 1 rings (SSSR count). The Labute approximate surface area is 116 Å². The van der Waals surface area contributed by atoms with Crippen LogP contribution in [0.2, 0.25) is 0 Å². The number of hydrogen-bond donors (Lipinski definition) is 3. The summed E-state index contributed by atoms with van der Waals surface area (Å²) < 4.78 is 27.0. The van der Waals surface area contributed by atoms with Crippen molar-refractivity contribution in [2.24, 2.45) is 11.7 Å². The van der Waals surface area contributed by atoms with E-state index in [-0.39, 0.29) is 17.5 Å². The summed E-state index contributed by atoms with van der Waals surface area (Å²) >= 11 is 0. The van der Waals surface area contributed by atoms with Gasteiger partial charge in [-0.3, -0.25) is 5.41 Å². The molecule has 0 radical (unpaired) electrons. The van der Waals surface area contributed by atoms with Gasteiger partial charge in [-0.2, -0.15) is 0 Å². The summed E-state index contributed by atoms with van der Waals surface area (Å²) in [4.78, 5) is 0. The third kappa shape index (κ3) is 5.10. The molecule has 1 aliphatic carbocycles. The average Bonchev–Trinajstić information content (AvgIpc) is 2.19. The van der Waals surface area contributed by atoms with Crippen LogP contribution in [0.4, 0.5) is 0 Å². The third-order valence-corrected chi connectivity index (χ3v) is 5.43. The van der Waals surface area contributed by atoms with E-state index in [1.807, 2.05) is 13.8 Å². The Bertz CT molecular complexity index is 396. The number of hydrogen-bond acceptors (Lipinski definition) is 3. The van der Waals surface area contributed by atoms with Crippen molar-refractivity contribution in [3.05, 3.63) is 0 Å². The quantitative estimate of drug-likeness (QED) is 0.533. The van der Waals surface area contributed by atoms with Gasteiger partial charge in [0.05, 0.1) is 11.3 Å². The summed E-state index contributed by atoms with van der Waals surface area (Å²) in [5.74, 6) is 0.110. The van der Waals surface area contributed by atoms with Gasteiger partial charge in [0.25, 0.3) is 0 Å². The second-order valence-corrected chi connectivity index (χ2v) is 7.81. The second-order valence-electron chi connectivity index (χ2n) is 6.04.